The van der Waals surface area contributed by atoms with Crippen molar-refractivity contribution >= 4 is 29.1 Å². The summed E-state index contributed by atoms with van der Waals surface area (Å²) >= 11 is 6.40. The number of amides is 2. The number of hydrogen-bond donors (Lipinski definition) is 2. The number of hydrogen-bond acceptors (Lipinski definition) is 4. The van der Waals surface area contributed by atoms with Crippen molar-refractivity contribution in [3.63, 3.8) is 0 Å². The first-order chi connectivity index (χ1) is 15.4. The Balaban J connectivity index is 1.89. The molecule has 2 N–H and O–H groups in total. The number of methoxy groups -OCH3 is 1. The van der Waals surface area contributed by atoms with Crippen LogP contribution in [0, 0.1) is 6.92 Å². The monoisotopic (exact) mass is 451 g/mol. The highest BCUT2D eigenvalue weighted by Crippen LogP contribution is 2.26. The Hall–Kier alpha value is -3.51. The average molecular weight is 452 g/mol. The minimum absolute atomic E-state index is 0.336. The standard InChI is InChI=1S/C25H26ClN3O3/c1-4-29(28-19-12-14-20(32-3)15-13-19)25(31)23(21-10-5-6-11-22(21)26)27-24(30)18-9-7-8-17(2)16-18/h5-16,23,28H,4H2,1-3H3,(H,27,30). The summed E-state index contributed by atoms with van der Waals surface area (Å²) in [6.45, 7) is 4.12. The fraction of sp³-hybridized carbons (Fsp3) is 0.200. The highest BCUT2D eigenvalue weighted by molar-refractivity contribution is 6.31. The summed E-state index contributed by atoms with van der Waals surface area (Å²) in [5, 5.41) is 4.71. The van der Waals surface area contributed by atoms with Crippen molar-refractivity contribution in [2.75, 3.05) is 19.1 Å². The molecule has 3 aromatic rings. The van der Waals surface area contributed by atoms with Crippen LogP contribution < -0.4 is 15.5 Å². The van der Waals surface area contributed by atoms with Crippen LogP contribution in [0.5, 0.6) is 5.75 Å². The van der Waals surface area contributed by atoms with Gasteiger partial charge in [0, 0.05) is 22.7 Å². The molecule has 0 aliphatic heterocycles. The maximum Gasteiger partial charge on any atom is 0.268 e. The quantitative estimate of drug-likeness (QED) is 0.472. The number of likely N-dealkylation sites (N-methyl/N-ethyl adjacent to an activating group) is 1. The van der Waals surface area contributed by atoms with Crippen LogP contribution in [-0.2, 0) is 4.79 Å². The highest BCUT2D eigenvalue weighted by atomic mass is 35.5. The number of halogens is 1. The van der Waals surface area contributed by atoms with Gasteiger partial charge in [0.15, 0.2) is 0 Å². The number of nitrogens with zero attached hydrogens (tertiary/aromatic N) is 1. The minimum Gasteiger partial charge on any atom is -0.497 e. The molecule has 1 atom stereocenters. The van der Waals surface area contributed by atoms with Gasteiger partial charge >= 0.3 is 0 Å². The molecule has 0 radical (unpaired) electrons. The van der Waals surface area contributed by atoms with Gasteiger partial charge in [-0.3, -0.25) is 20.0 Å². The van der Waals surface area contributed by atoms with Gasteiger partial charge in [0.05, 0.1) is 12.8 Å². The van der Waals surface area contributed by atoms with E-state index < -0.39 is 6.04 Å². The zero-order chi connectivity index (χ0) is 23.1. The molecule has 0 aliphatic carbocycles. The lowest BCUT2D eigenvalue weighted by Gasteiger charge is -2.28. The maximum atomic E-state index is 13.6. The van der Waals surface area contributed by atoms with E-state index in [2.05, 4.69) is 10.7 Å². The van der Waals surface area contributed by atoms with Crippen molar-refractivity contribution in [2.45, 2.75) is 19.9 Å². The lowest BCUT2D eigenvalue weighted by molar-refractivity contribution is -0.131. The molecule has 166 valence electrons. The highest BCUT2D eigenvalue weighted by Gasteiger charge is 2.29. The molecule has 0 spiro atoms. The van der Waals surface area contributed by atoms with E-state index in [1.165, 1.54) is 5.01 Å². The van der Waals surface area contributed by atoms with Crippen LogP contribution in [0.2, 0.25) is 5.02 Å². The second kappa shape index (κ2) is 10.7. The molecule has 0 saturated carbocycles. The summed E-state index contributed by atoms with van der Waals surface area (Å²) in [6, 6.07) is 20.4. The first-order valence-corrected chi connectivity index (χ1v) is 10.6. The Morgan fingerprint density at radius 3 is 2.38 bits per heavy atom. The summed E-state index contributed by atoms with van der Waals surface area (Å²) < 4.78 is 5.18. The van der Waals surface area contributed by atoms with Gasteiger partial charge in [0.1, 0.15) is 11.8 Å². The first-order valence-electron chi connectivity index (χ1n) is 10.3. The number of carbonyl (C=O) groups excluding carboxylic acids is 2. The number of anilines is 1. The molecule has 3 rings (SSSR count). The molecule has 0 aliphatic rings. The van der Waals surface area contributed by atoms with Crippen LogP contribution in [-0.4, -0.2) is 30.5 Å². The zero-order valence-corrected chi connectivity index (χ0v) is 19.0. The van der Waals surface area contributed by atoms with Crippen LogP contribution in [0.4, 0.5) is 5.69 Å². The number of rotatable bonds is 8. The third-order valence-corrected chi connectivity index (χ3v) is 5.30. The van der Waals surface area contributed by atoms with Crippen LogP contribution in [0.1, 0.15) is 34.5 Å². The molecular weight excluding hydrogens is 426 g/mol. The molecule has 3 aromatic carbocycles. The summed E-state index contributed by atoms with van der Waals surface area (Å²) in [5.74, 6) is 0.0224. The van der Waals surface area contributed by atoms with E-state index in [4.69, 9.17) is 16.3 Å². The predicted molar refractivity (Wildman–Crippen MR) is 127 cm³/mol. The number of benzene rings is 3. The topological polar surface area (TPSA) is 70.7 Å². The molecule has 7 heteroatoms. The SMILES string of the molecule is CCN(Nc1ccc(OC)cc1)C(=O)C(NC(=O)c1cccc(C)c1)c1ccccc1Cl. The number of aryl methyl sites for hydroxylation is 1. The van der Waals surface area contributed by atoms with Gasteiger partial charge in [-0.25, -0.2) is 0 Å². The third kappa shape index (κ3) is 5.59. The van der Waals surface area contributed by atoms with Gasteiger partial charge in [-0.15, -0.1) is 0 Å². The summed E-state index contributed by atoms with van der Waals surface area (Å²) in [5.41, 5.74) is 5.77. The van der Waals surface area contributed by atoms with E-state index >= 15 is 0 Å². The molecule has 1 unspecified atom stereocenters. The number of nitrogens with one attached hydrogen (secondary N) is 2. The van der Waals surface area contributed by atoms with Crippen molar-refractivity contribution in [1.29, 1.82) is 0 Å². The average Bonchev–Trinajstić information content (AvgIpc) is 2.81. The van der Waals surface area contributed by atoms with Crippen LogP contribution in [0.15, 0.2) is 72.8 Å². The van der Waals surface area contributed by atoms with Crippen molar-refractivity contribution in [1.82, 2.24) is 10.3 Å². The van der Waals surface area contributed by atoms with Crippen LogP contribution in [0.25, 0.3) is 0 Å². The van der Waals surface area contributed by atoms with Gasteiger partial charge in [0.2, 0.25) is 0 Å². The van der Waals surface area contributed by atoms with Crippen molar-refractivity contribution in [2.24, 2.45) is 0 Å². The van der Waals surface area contributed by atoms with E-state index in [0.29, 0.717) is 34.1 Å². The lowest BCUT2D eigenvalue weighted by atomic mass is 10.0. The van der Waals surface area contributed by atoms with Gasteiger partial charge in [0.25, 0.3) is 11.8 Å². The van der Waals surface area contributed by atoms with E-state index in [0.717, 1.165) is 5.56 Å². The normalized spacial score (nSPS) is 11.4. The Morgan fingerprint density at radius 1 is 1.03 bits per heavy atom. The molecule has 0 bridgehead atoms. The van der Waals surface area contributed by atoms with E-state index in [1.54, 1.807) is 61.7 Å². The van der Waals surface area contributed by atoms with Crippen LogP contribution in [0.3, 0.4) is 0 Å². The lowest BCUT2D eigenvalue weighted by Crippen LogP contribution is -2.45. The molecule has 32 heavy (non-hydrogen) atoms. The number of carbonyl (C=O) groups is 2. The van der Waals surface area contributed by atoms with E-state index in [-0.39, 0.29) is 11.8 Å². The number of hydrazine groups is 1. The van der Waals surface area contributed by atoms with Gasteiger partial charge < -0.3 is 10.1 Å². The van der Waals surface area contributed by atoms with Crippen molar-refractivity contribution < 1.29 is 14.3 Å². The largest absolute Gasteiger partial charge is 0.497 e. The third-order valence-electron chi connectivity index (χ3n) is 4.96. The fourth-order valence-electron chi connectivity index (χ4n) is 3.25. The Kier molecular flexibility index (Phi) is 7.73. The van der Waals surface area contributed by atoms with Gasteiger partial charge in [-0.2, -0.15) is 0 Å². The Morgan fingerprint density at radius 2 is 1.75 bits per heavy atom. The smallest absolute Gasteiger partial charge is 0.268 e. The van der Waals surface area contributed by atoms with Crippen molar-refractivity contribution in [3.8, 4) is 5.75 Å². The summed E-state index contributed by atoms with van der Waals surface area (Å²) in [4.78, 5) is 26.5. The molecule has 6 nitrogen and oxygen atoms in total. The second-order valence-corrected chi connectivity index (χ2v) is 7.63. The minimum atomic E-state index is -0.970. The molecule has 0 saturated heterocycles. The second-order valence-electron chi connectivity index (χ2n) is 7.22. The number of ether oxygens (including phenoxy) is 1. The van der Waals surface area contributed by atoms with E-state index in [1.807, 2.05) is 32.0 Å². The zero-order valence-electron chi connectivity index (χ0n) is 18.3. The van der Waals surface area contributed by atoms with Crippen molar-refractivity contribution in [3.05, 3.63) is 94.5 Å². The van der Waals surface area contributed by atoms with E-state index in [9.17, 15) is 9.59 Å². The molecule has 2 amide bonds. The first kappa shape index (κ1) is 23.2. The van der Waals surface area contributed by atoms with Gasteiger partial charge in [-0.1, -0.05) is 47.5 Å². The Bertz CT molecular complexity index is 1090. The molecule has 0 fully saturated rings. The van der Waals surface area contributed by atoms with Gasteiger partial charge in [-0.05, 0) is 56.3 Å². The van der Waals surface area contributed by atoms with Crippen LogP contribution >= 0.6 is 11.6 Å². The predicted octanol–water partition coefficient (Wildman–Crippen LogP) is 5.00. The fourth-order valence-corrected chi connectivity index (χ4v) is 3.49. The molecular formula is C25H26ClN3O3. The summed E-state index contributed by atoms with van der Waals surface area (Å²) in [7, 11) is 1.59. The molecule has 0 heterocycles. The maximum absolute atomic E-state index is 13.6. The molecule has 0 aromatic heterocycles. The summed E-state index contributed by atoms with van der Waals surface area (Å²) in [6.07, 6.45) is 0. The Labute approximate surface area is 193 Å².